The minimum Gasteiger partial charge on any atom is -0.357 e. The summed E-state index contributed by atoms with van der Waals surface area (Å²) in [5, 5.41) is 12.6. The van der Waals surface area contributed by atoms with Crippen LogP contribution in [0.4, 0.5) is 0 Å². The van der Waals surface area contributed by atoms with Gasteiger partial charge in [0.25, 0.3) is 5.91 Å². The summed E-state index contributed by atoms with van der Waals surface area (Å²) in [7, 11) is -3.44. The molecule has 226 valence electrons. The van der Waals surface area contributed by atoms with Crippen molar-refractivity contribution in [2.75, 3.05) is 24.7 Å². The second kappa shape index (κ2) is 12.1. The van der Waals surface area contributed by atoms with Crippen LogP contribution in [-0.2, 0) is 27.7 Å². The van der Waals surface area contributed by atoms with Gasteiger partial charge in [-0.1, -0.05) is 0 Å². The van der Waals surface area contributed by atoms with E-state index in [4.69, 9.17) is 16.9 Å². The number of halogens is 1. The van der Waals surface area contributed by atoms with Gasteiger partial charge < -0.3 is 5.32 Å². The van der Waals surface area contributed by atoms with E-state index in [0.717, 1.165) is 11.1 Å². The van der Waals surface area contributed by atoms with Gasteiger partial charge >= 0.3 is 0 Å². The number of pyridine rings is 2. The van der Waals surface area contributed by atoms with Gasteiger partial charge in [-0.3, -0.25) is 24.5 Å². The number of aromatic nitrogens is 2. The van der Waals surface area contributed by atoms with Crippen LogP contribution in [0.5, 0.6) is 0 Å². The molecular weight excluding hydrogens is 600 g/mol. The predicted molar refractivity (Wildman–Crippen MR) is 164 cm³/mol. The van der Waals surface area contributed by atoms with Crippen LogP contribution in [-0.4, -0.2) is 75.6 Å². The van der Waals surface area contributed by atoms with Crippen LogP contribution in [0.25, 0.3) is 0 Å². The number of hydrogen-bond donors (Lipinski definition) is 1. The average Bonchev–Trinajstić information content (AvgIpc) is 3.36. The fourth-order valence-electron chi connectivity index (χ4n) is 6.45. The van der Waals surface area contributed by atoms with Gasteiger partial charge in [0, 0.05) is 86.1 Å². The first kappa shape index (κ1) is 29.9. The quantitative estimate of drug-likeness (QED) is 0.194. The number of hydrogen-bond acceptors (Lipinski definition) is 8. The number of benzene rings is 1. The van der Waals surface area contributed by atoms with Crippen LogP contribution in [0.3, 0.4) is 0 Å². The van der Waals surface area contributed by atoms with E-state index in [-0.39, 0.29) is 41.2 Å². The summed E-state index contributed by atoms with van der Waals surface area (Å²) >= 11 is 5.75. The Hall–Kier alpha value is -4.11. The van der Waals surface area contributed by atoms with Gasteiger partial charge in [-0.05, 0) is 66.1 Å². The molecule has 0 bridgehead atoms. The molecule has 1 saturated carbocycles. The van der Waals surface area contributed by atoms with E-state index in [1.165, 1.54) is 10.4 Å². The summed E-state index contributed by atoms with van der Waals surface area (Å²) in [5.41, 5.74) is 1.53. The monoisotopic (exact) mass is 630 g/mol. The zero-order valence-corrected chi connectivity index (χ0v) is 25.4. The lowest BCUT2D eigenvalue weighted by molar-refractivity contribution is -0.132. The number of amides is 1. The van der Waals surface area contributed by atoms with Crippen LogP contribution in [0.1, 0.15) is 33.5 Å². The molecule has 0 spiro atoms. The first-order valence-electron chi connectivity index (χ1n) is 14.4. The first-order valence-corrected chi connectivity index (χ1v) is 16.6. The second-order valence-electron chi connectivity index (χ2n) is 11.5. The Bertz CT molecular complexity index is 1670. The number of piperidine rings is 1. The maximum absolute atomic E-state index is 14.7. The molecule has 3 aliphatic rings. The Morgan fingerprint density at radius 1 is 1.00 bits per heavy atom. The fraction of sp³-hybridized carbons (Fsp3) is 0.344. The molecule has 10 nitrogen and oxygen atoms in total. The Labute approximate surface area is 261 Å². The number of sulfonamides is 1. The lowest BCUT2D eigenvalue weighted by atomic mass is 9.85. The molecule has 3 atom stereocenters. The van der Waals surface area contributed by atoms with Crippen LogP contribution in [0.15, 0.2) is 85.2 Å². The molecule has 3 aromatic rings. The third kappa shape index (κ3) is 5.85. The molecular formula is C32H31ClN6O4S. The highest BCUT2D eigenvalue weighted by Crippen LogP contribution is 2.52. The van der Waals surface area contributed by atoms with Crippen LogP contribution >= 0.6 is 11.6 Å². The summed E-state index contributed by atoms with van der Waals surface area (Å²) in [5.74, 6) is 0.0967. The summed E-state index contributed by atoms with van der Waals surface area (Å²) in [6.45, 7) is 0.643. The summed E-state index contributed by atoms with van der Waals surface area (Å²) in [6.07, 6.45) is 9.25. The van der Waals surface area contributed by atoms with Gasteiger partial charge in [-0.15, -0.1) is 11.6 Å². The molecule has 1 aromatic carbocycles. The third-order valence-electron chi connectivity index (χ3n) is 8.67. The van der Waals surface area contributed by atoms with E-state index in [1.54, 1.807) is 54.0 Å². The Kier molecular flexibility index (Phi) is 8.24. The van der Waals surface area contributed by atoms with Crippen molar-refractivity contribution in [1.29, 1.82) is 5.26 Å². The lowest BCUT2D eigenvalue weighted by Crippen LogP contribution is -2.51. The molecule has 1 amide bonds. The zero-order chi connectivity index (χ0) is 30.9. The van der Waals surface area contributed by atoms with Gasteiger partial charge in [0.05, 0.1) is 17.4 Å². The number of rotatable bonds is 11. The van der Waals surface area contributed by atoms with Crippen LogP contribution in [0, 0.1) is 23.2 Å². The highest BCUT2D eigenvalue weighted by atomic mass is 35.5. The minimum absolute atomic E-state index is 0.00394. The average molecular weight is 631 g/mol. The van der Waals surface area contributed by atoms with Gasteiger partial charge in [0.15, 0.2) is 5.78 Å². The minimum atomic E-state index is -3.44. The smallest absolute Gasteiger partial charge is 0.254 e. The molecule has 2 saturated heterocycles. The number of nitriles is 1. The van der Waals surface area contributed by atoms with E-state index in [9.17, 15) is 18.0 Å². The molecule has 2 aliphatic heterocycles. The van der Waals surface area contributed by atoms with Crippen molar-refractivity contribution in [1.82, 2.24) is 24.5 Å². The van der Waals surface area contributed by atoms with Crippen LogP contribution in [0.2, 0.25) is 0 Å². The van der Waals surface area contributed by atoms with E-state index in [1.807, 2.05) is 24.3 Å². The van der Waals surface area contributed by atoms with Crippen molar-refractivity contribution in [3.05, 3.63) is 107 Å². The highest BCUT2D eigenvalue weighted by Gasteiger charge is 2.65. The third-order valence-corrected chi connectivity index (χ3v) is 10.8. The van der Waals surface area contributed by atoms with Gasteiger partial charge in [-0.2, -0.15) is 5.26 Å². The maximum atomic E-state index is 14.7. The molecule has 4 heterocycles. The van der Waals surface area contributed by atoms with E-state index >= 15 is 0 Å². The maximum Gasteiger partial charge on any atom is 0.254 e. The molecule has 6 rings (SSSR count). The topological polar surface area (TPSA) is 136 Å². The van der Waals surface area contributed by atoms with Crippen molar-refractivity contribution < 1.29 is 18.0 Å². The number of ketones is 1. The van der Waals surface area contributed by atoms with Gasteiger partial charge in [-0.25, -0.2) is 12.7 Å². The summed E-state index contributed by atoms with van der Waals surface area (Å²) in [4.78, 5) is 38.1. The largest absolute Gasteiger partial charge is 0.357 e. The number of carbonyl (C=O) groups excluding carboxylic acids is 2. The van der Waals surface area contributed by atoms with E-state index in [0.29, 0.717) is 49.3 Å². The Morgan fingerprint density at radius 3 is 2.09 bits per heavy atom. The van der Waals surface area contributed by atoms with Crippen molar-refractivity contribution in [3.63, 3.8) is 0 Å². The standard InChI is InChI=1S/C32H31ClN6O4S/c33-10-1-15-44(42,43)38-20-26-27(21-38)30(26)39-29(16-28(40)25-4-2-24(19-34)3-5-25)37-32(31(39)41,17-22-6-11-35-12-7-22)18-23-8-13-36-14-9-23/h2-9,11-14,16,26-27,30,37H,1,10,15,17-18,20-21H2/b29-16+/t26-,27+,30+. The number of nitrogens with one attached hydrogen (secondary N) is 1. The molecule has 3 fully saturated rings. The molecule has 12 heteroatoms. The van der Waals surface area contributed by atoms with Crippen molar-refractivity contribution in [2.24, 2.45) is 11.8 Å². The Balaban J connectivity index is 1.35. The first-order chi connectivity index (χ1) is 21.2. The number of nitrogens with zero attached hydrogens (tertiary/aromatic N) is 5. The number of fused-ring (bicyclic) bond motifs is 1. The summed E-state index contributed by atoms with van der Waals surface area (Å²) < 4.78 is 27.2. The SMILES string of the molecule is N#Cc1ccc(C(=O)/C=C2\NC(Cc3ccncc3)(Cc3ccncc3)C(=O)N2[C@H]2[C@@H]3CN(S(=O)(=O)CCCCl)C[C@@H]32)cc1. The predicted octanol–water partition coefficient (Wildman–Crippen LogP) is 2.92. The fourth-order valence-corrected chi connectivity index (χ4v) is 8.31. The van der Waals surface area contributed by atoms with E-state index < -0.39 is 15.6 Å². The molecule has 1 aliphatic carbocycles. The lowest BCUT2D eigenvalue weighted by Gasteiger charge is -2.28. The van der Waals surface area contributed by atoms with Crippen LogP contribution < -0.4 is 5.32 Å². The normalized spacial score (nSPS) is 23.3. The summed E-state index contributed by atoms with van der Waals surface area (Å²) in [6, 6.07) is 15.6. The highest BCUT2D eigenvalue weighted by molar-refractivity contribution is 7.89. The molecule has 2 aromatic heterocycles. The Morgan fingerprint density at radius 2 is 1.57 bits per heavy atom. The van der Waals surface area contributed by atoms with Crippen molar-refractivity contribution in [2.45, 2.75) is 30.8 Å². The van der Waals surface area contributed by atoms with Gasteiger partial charge in [0.2, 0.25) is 10.0 Å². The molecule has 44 heavy (non-hydrogen) atoms. The van der Waals surface area contributed by atoms with E-state index in [2.05, 4.69) is 21.4 Å². The molecule has 0 radical (unpaired) electrons. The number of carbonyl (C=O) groups is 2. The van der Waals surface area contributed by atoms with Crippen molar-refractivity contribution >= 4 is 33.3 Å². The molecule has 1 N–H and O–H groups in total. The number of alkyl halides is 1. The van der Waals surface area contributed by atoms with Crippen molar-refractivity contribution in [3.8, 4) is 6.07 Å². The number of allylic oxidation sites excluding steroid dienone is 1. The van der Waals surface area contributed by atoms with Gasteiger partial charge in [0.1, 0.15) is 11.4 Å². The molecule has 0 unspecified atom stereocenters. The second-order valence-corrected chi connectivity index (χ2v) is 14.0. The zero-order valence-electron chi connectivity index (χ0n) is 23.8.